The molecule has 0 saturated heterocycles. The van der Waals surface area contributed by atoms with Gasteiger partial charge in [-0.1, -0.05) is 53.7 Å². The first-order valence-electron chi connectivity index (χ1n) is 6.43. The lowest BCUT2D eigenvalue weighted by molar-refractivity contribution is -0.203. The molecule has 0 aliphatic carbocycles. The number of hydrogen-bond donors (Lipinski definition) is 0. The summed E-state index contributed by atoms with van der Waals surface area (Å²) in [5.41, 5.74) is -2.04. The van der Waals surface area contributed by atoms with Gasteiger partial charge in [0, 0.05) is 0 Å². The van der Waals surface area contributed by atoms with E-state index in [2.05, 4.69) is 0 Å². The summed E-state index contributed by atoms with van der Waals surface area (Å²) in [6, 6.07) is 0. The van der Waals surface area contributed by atoms with Crippen LogP contribution >= 0.6 is 0 Å². The van der Waals surface area contributed by atoms with Crippen LogP contribution in [-0.4, -0.2) is 6.18 Å². The Balaban J connectivity index is 5.04. The normalized spacial score (nSPS) is 18.1. The van der Waals surface area contributed by atoms with Crippen molar-refractivity contribution in [2.24, 2.45) is 16.2 Å². The lowest BCUT2D eigenvalue weighted by Crippen LogP contribution is -2.34. The quantitative estimate of drug-likeness (QED) is 0.550. The van der Waals surface area contributed by atoms with Crippen LogP contribution < -0.4 is 0 Å². The first-order valence-corrected chi connectivity index (χ1v) is 6.43. The third-order valence-corrected chi connectivity index (χ3v) is 2.99. The first-order chi connectivity index (χ1) is 7.66. The van der Waals surface area contributed by atoms with Crippen LogP contribution in [0.25, 0.3) is 0 Å². The highest BCUT2D eigenvalue weighted by molar-refractivity contribution is 5.05. The summed E-state index contributed by atoms with van der Waals surface area (Å²) in [4.78, 5) is 0. The van der Waals surface area contributed by atoms with Crippen molar-refractivity contribution in [2.75, 3.05) is 0 Å². The molecule has 0 aliphatic heterocycles. The van der Waals surface area contributed by atoms with Gasteiger partial charge in [0.05, 0.1) is 5.41 Å². The molecule has 0 N–H and O–H groups in total. The Hall–Kier alpha value is -0.470. The van der Waals surface area contributed by atoms with Crippen LogP contribution in [0.1, 0.15) is 61.3 Å². The van der Waals surface area contributed by atoms with Crippen molar-refractivity contribution in [3.8, 4) is 0 Å². The van der Waals surface area contributed by atoms with Crippen molar-refractivity contribution >= 4 is 0 Å². The Labute approximate surface area is 110 Å². The van der Waals surface area contributed by atoms with E-state index in [1.807, 2.05) is 41.5 Å². The van der Waals surface area contributed by atoms with E-state index >= 15 is 0 Å². The van der Waals surface area contributed by atoms with E-state index in [4.69, 9.17) is 0 Å². The second-order valence-electron chi connectivity index (χ2n) is 7.68. The van der Waals surface area contributed by atoms with Gasteiger partial charge < -0.3 is 0 Å². The molecule has 0 spiro atoms. The Kier molecular flexibility index (Phi) is 5.12. The average molecular weight is 264 g/mol. The second kappa shape index (κ2) is 5.26. The van der Waals surface area contributed by atoms with E-state index in [-0.39, 0.29) is 17.3 Å². The highest BCUT2D eigenvalue weighted by atomic mass is 19.4. The minimum Gasteiger partial charge on any atom is -0.170 e. The number of allylic oxidation sites excluding steroid dienone is 2. The van der Waals surface area contributed by atoms with Gasteiger partial charge >= 0.3 is 6.18 Å². The molecule has 0 radical (unpaired) electrons. The molecule has 0 aromatic carbocycles. The fraction of sp³-hybridized carbons (Fsp3) is 0.867. The molecule has 0 nitrogen and oxygen atoms in total. The fourth-order valence-electron chi connectivity index (χ4n) is 1.39. The van der Waals surface area contributed by atoms with E-state index in [1.165, 1.54) is 13.0 Å². The fourth-order valence-corrected chi connectivity index (χ4v) is 1.39. The Morgan fingerprint density at radius 3 is 1.44 bits per heavy atom. The maximum absolute atomic E-state index is 13.2. The van der Waals surface area contributed by atoms with Crippen LogP contribution in [-0.2, 0) is 0 Å². The van der Waals surface area contributed by atoms with Gasteiger partial charge in [0.1, 0.15) is 0 Å². The molecule has 3 heteroatoms. The molecule has 108 valence electrons. The number of alkyl halides is 3. The van der Waals surface area contributed by atoms with Crippen molar-refractivity contribution in [1.29, 1.82) is 0 Å². The van der Waals surface area contributed by atoms with Crippen LogP contribution in [0.4, 0.5) is 13.2 Å². The molecule has 0 saturated carbocycles. The Bertz CT molecular complexity index is 286. The van der Waals surface area contributed by atoms with E-state index in [0.29, 0.717) is 6.42 Å². The van der Waals surface area contributed by atoms with Crippen molar-refractivity contribution in [3.05, 3.63) is 12.2 Å². The molecule has 0 aromatic rings. The monoisotopic (exact) mass is 264 g/mol. The van der Waals surface area contributed by atoms with Gasteiger partial charge in [-0.15, -0.1) is 0 Å². The zero-order valence-electron chi connectivity index (χ0n) is 12.7. The molecule has 18 heavy (non-hydrogen) atoms. The lowest BCUT2D eigenvalue weighted by Gasteiger charge is -2.32. The summed E-state index contributed by atoms with van der Waals surface area (Å²) in [7, 11) is 0. The van der Waals surface area contributed by atoms with Gasteiger partial charge in [-0.05, 0) is 30.6 Å². The topological polar surface area (TPSA) is 0 Å². The SMILES string of the molecule is CC(C)(C)/C=C/[C@](C)(CCC(C)(C)C)C(F)(F)F. The summed E-state index contributed by atoms with van der Waals surface area (Å²) in [5, 5.41) is 0. The zero-order valence-corrected chi connectivity index (χ0v) is 12.7. The van der Waals surface area contributed by atoms with Gasteiger partial charge in [-0.3, -0.25) is 0 Å². The van der Waals surface area contributed by atoms with Crippen molar-refractivity contribution in [2.45, 2.75) is 67.5 Å². The van der Waals surface area contributed by atoms with Crippen LogP contribution in [0.5, 0.6) is 0 Å². The summed E-state index contributed by atoms with van der Waals surface area (Å²) < 4.78 is 39.6. The largest absolute Gasteiger partial charge is 0.397 e. The molecule has 1 atom stereocenters. The highest BCUT2D eigenvalue weighted by Crippen LogP contribution is 2.45. The van der Waals surface area contributed by atoms with Crippen molar-refractivity contribution in [1.82, 2.24) is 0 Å². The van der Waals surface area contributed by atoms with Crippen LogP contribution in [0.15, 0.2) is 12.2 Å². The van der Waals surface area contributed by atoms with Gasteiger partial charge in [0.25, 0.3) is 0 Å². The Morgan fingerprint density at radius 1 is 0.722 bits per heavy atom. The first kappa shape index (κ1) is 17.5. The average Bonchev–Trinajstić information content (AvgIpc) is 2.07. The number of halogens is 3. The van der Waals surface area contributed by atoms with E-state index in [9.17, 15) is 13.2 Å². The predicted molar refractivity (Wildman–Crippen MR) is 71.4 cm³/mol. The van der Waals surface area contributed by atoms with Gasteiger partial charge in [-0.25, -0.2) is 0 Å². The Morgan fingerprint density at radius 2 is 1.17 bits per heavy atom. The van der Waals surface area contributed by atoms with Crippen molar-refractivity contribution in [3.63, 3.8) is 0 Å². The lowest BCUT2D eigenvalue weighted by atomic mass is 9.77. The highest BCUT2D eigenvalue weighted by Gasteiger charge is 2.49. The minimum atomic E-state index is -4.19. The third kappa shape index (κ3) is 6.46. The maximum atomic E-state index is 13.2. The van der Waals surface area contributed by atoms with Crippen LogP contribution in [0, 0.1) is 16.2 Å². The van der Waals surface area contributed by atoms with Gasteiger partial charge in [0.2, 0.25) is 0 Å². The molecule has 0 rings (SSSR count). The van der Waals surface area contributed by atoms with E-state index < -0.39 is 11.6 Å². The minimum absolute atomic E-state index is 0.0813. The number of hydrogen-bond acceptors (Lipinski definition) is 0. The smallest absolute Gasteiger partial charge is 0.170 e. The van der Waals surface area contributed by atoms with E-state index in [1.54, 1.807) is 6.08 Å². The molecular formula is C15H27F3. The van der Waals surface area contributed by atoms with Crippen molar-refractivity contribution < 1.29 is 13.2 Å². The molecule has 0 amide bonds. The zero-order chi connectivity index (χ0) is 14.8. The molecule has 0 aliphatic rings. The second-order valence-corrected chi connectivity index (χ2v) is 7.68. The third-order valence-electron chi connectivity index (χ3n) is 2.99. The standard InChI is InChI=1S/C15H27F3/c1-12(2,3)8-10-14(7,15(16,17)18)11-9-13(4,5)6/h8,10H,9,11H2,1-7H3/b10-8+/t14-/m1/s1. The summed E-state index contributed by atoms with van der Waals surface area (Å²) in [6.45, 7) is 12.9. The summed E-state index contributed by atoms with van der Waals surface area (Å²) in [6.07, 6.45) is -0.494. The predicted octanol–water partition coefficient (Wildman–Crippen LogP) is 5.98. The molecule has 0 bridgehead atoms. The summed E-state index contributed by atoms with van der Waals surface area (Å²) >= 11 is 0. The molecule has 0 unspecified atom stereocenters. The molecular weight excluding hydrogens is 237 g/mol. The van der Waals surface area contributed by atoms with Gasteiger partial charge in [0.15, 0.2) is 0 Å². The van der Waals surface area contributed by atoms with Crippen LogP contribution in [0.3, 0.4) is 0 Å². The maximum Gasteiger partial charge on any atom is 0.397 e. The van der Waals surface area contributed by atoms with Gasteiger partial charge in [-0.2, -0.15) is 13.2 Å². The molecule has 0 fully saturated rings. The van der Waals surface area contributed by atoms with E-state index in [0.717, 1.165) is 0 Å². The molecule has 0 heterocycles. The summed E-state index contributed by atoms with van der Waals surface area (Å²) in [5.74, 6) is 0. The molecule has 0 aromatic heterocycles. The number of rotatable bonds is 3. The van der Waals surface area contributed by atoms with Crippen LogP contribution in [0.2, 0.25) is 0 Å².